The second-order valence-electron chi connectivity index (χ2n) is 7.96. The SMILES string of the molecule is CC(C)[C@@H](NC(=O)c1ccc(F)cc1)C(=O)N1C[C@@H](C(=O)N(C)C)Oc2ccccc21. The van der Waals surface area contributed by atoms with E-state index in [1.54, 1.807) is 38.4 Å². The molecular weight excluding hydrogens is 401 g/mol. The number of benzene rings is 2. The van der Waals surface area contributed by atoms with Crippen LogP contribution in [0, 0.1) is 11.7 Å². The molecule has 2 aromatic rings. The van der Waals surface area contributed by atoms with Crippen molar-refractivity contribution in [2.24, 2.45) is 5.92 Å². The maximum absolute atomic E-state index is 13.5. The Morgan fingerprint density at radius 2 is 1.74 bits per heavy atom. The number of rotatable bonds is 5. The summed E-state index contributed by atoms with van der Waals surface area (Å²) in [6.07, 6.45) is -0.852. The van der Waals surface area contributed by atoms with Gasteiger partial charge in [0.15, 0.2) is 6.10 Å². The number of carbonyl (C=O) groups excluding carboxylic acids is 3. The van der Waals surface area contributed by atoms with Crippen LogP contribution >= 0.6 is 0 Å². The number of hydrogen-bond acceptors (Lipinski definition) is 4. The molecule has 1 aliphatic rings. The Balaban J connectivity index is 1.88. The van der Waals surface area contributed by atoms with Crippen LogP contribution in [0.5, 0.6) is 5.75 Å². The summed E-state index contributed by atoms with van der Waals surface area (Å²) in [5.74, 6) is -1.34. The monoisotopic (exact) mass is 427 g/mol. The van der Waals surface area contributed by atoms with Crippen LogP contribution < -0.4 is 15.0 Å². The molecule has 3 amide bonds. The summed E-state index contributed by atoms with van der Waals surface area (Å²) < 4.78 is 19.0. The van der Waals surface area contributed by atoms with Gasteiger partial charge >= 0.3 is 0 Å². The highest BCUT2D eigenvalue weighted by molar-refractivity contribution is 6.04. The summed E-state index contributed by atoms with van der Waals surface area (Å²) in [6.45, 7) is 3.67. The first kappa shape index (κ1) is 22.3. The minimum atomic E-state index is -0.852. The standard InChI is InChI=1S/C23H26FN3O4/c1-14(2)20(25-21(28)15-9-11-16(24)12-10-15)23(30)27-13-19(22(29)26(3)4)31-18-8-6-5-7-17(18)27/h5-12,14,19-20H,13H2,1-4H3,(H,25,28)/t19-,20+/m0/s1. The molecule has 2 aromatic carbocycles. The van der Waals surface area contributed by atoms with E-state index in [-0.39, 0.29) is 29.8 Å². The van der Waals surface area contributed by atoms with Gasteiger partial charge in [0.2, 0.25) is 5.91 Å². The van der Waals surface area contributed by atoms with Gasteiger partial charge in [-0.15, -0.1) is 0 Å². The molecule has 0 aliphatic carbocycles. The first-order chi connectivity index (χ1) is 14.7. The molecule has 8 heteroatoms. The zero-order valence-corrected chi connectivity index (χ0v) is 18.0. The maximum atomic E-state index is 13.5. The highest BCUT2D eigenvalue weighted by Gasteiger charge is 2.38. The minimum Gasteiger partial charge on any atom is -0.476 e. The van der Waals surface area contributed by atoms with E-state index in [4.69, 9.17) is 4.74 Å². The summed E-state index contributed by atoms with van der Waals surface area (Å²) in [6, 6.07) is 11.2. The van der Waals surface area contributed by atoms with Gasteiger partial charge in [0.1, 0.15) is 17.6 Å². The number of para-hydroxylation sites is 2. The molecule has 0 unspecified atom stereocenters. The summed E-state index contributed by atoms with van der Waals surface area (Å²) in [7, 11) is 3.25. The van der Waals surface area contributed by atoms with E-state index in [9.17, 15) is 18.8 Å². The number of hydrogen-bond donors (Lipinski definition) is 1. The Labute approximate surface area is 180 Å². The van der Waals surface area contributed by atoms with Crippen molar-refractivity contribution in [3.63, 3.8) is 0 Å². The zero-order chi connectivity index (χ0) is 22.7. The second kappa shape index (κ2) is 9.16. The predicted molar refractivity (Wildman–Crippen MR) is 114 cm³/mol. The molecule has 1 heterocycles. The van der Waals surface area contributed by atoms with Crippen molar-refractivity contribution in [2.75, 3.05) is 25.5 Å². The molecule has 1 aliphatic heterocycles. The number of nitrogens with one attached hydrogen (secondary N) is 1. The van der Waals surface area contributed by atoms with Crippen LogP contribution in [0.2, 0.25) is 0 Å². The Bertz CT molecular complexity index is 975. The molecule has 0 radical (unpaired) electrons. The lowest BCUT2D eigenvalue weighted by atomic mass is 10.0. The largest absolute Gasteiger partial charge is 0.476 e. The molecule has 3 rings (SSSR count). The first-order valence-corrected chi connectivity index (χ1v) is 10.0. The number of carbonyl (C=O) groups is 3. The van der Waals surface area contributed by atoms with Crippen molar-refractivity contribution >= 4 is 23.4 Å². The average molecular weight is 427 g/mol. The molecule has 0 saturated carbocycles. The number of likely N-dealkylation sites (N-methyl/N-ethyl adjacent to an activating group) is 1. The quantitative estimate of drug-likeness (QED) is 0.795. The normalized spacial score (nSPS) is 16.2. The Hall–Kier alpha value is -3.42. The third kappa shape index (κ3) is 4.84. The summed E-state index contributed by atoms with van der Waals surface area (Å²) >= 11 is 0. The van der Waals surface area contributed by atoms with Crippen molar-refractivity contribution in [3.8, 4) is 5.75 Å². The maximum Gasteiger partial charge on any atom is 0.265 e. The summed E-state index contributed by atoms with van der Waals surface area (Å²) in [5.41, 5.74) is 0.792. The molecular formula is C23H26FN3O4. The van der Waals surface area contributed by atoms with E-state index in [0.29, 0.717) is 11.4 Å². The van der Waals surface area contributed by atoms with Gasteiger partial charge in [0.25, 0.3) is 11.8 Å². The fraction of sp³-hybridized carbons (Fsp3) is 0.348. The van der Waals surface area contributed by atoms with Crippen LogP contribution in [0.4, 0.5) is 10.1 Å². The molecule has 0 saturated heterocycles. The lowest BCUT2D eigenvalue weighted by molar-refractivity contribution is -0.136. The average Bonchev–Trinajstić information content (AvgIpc) is 2.75. The minimum absolute atomic E-state index is 0.0303. The molecule has 2 atom stereocenters. The van der Waals surface area contributed by atoms with Gasteiger partial charge in [-0.25, -0.2) is 4.39 Å². The van der Waals surface area contributed by atoms with Crippen molar-refractivity contribution in [1.29, 1.82) is 0 Å². The van der Waals surface area contributed by atoms with Gasteiger partial charge in [-0.1, -0.05) is 26.0 Å². The highest BCUT2D eigenvalue weighted by Crippen LogP contribution is 2.34. The van der Waals surface area contributed by atoms with Gasteiger partial charge in [0.05, 0.1) is 12.2 Å². The number of amides is 3. The van der Waals surface area contributed by atoms with E-state index in [2.05, 4.69) is 5.32 Å². The number of fused-ring (bicyclic) bond motifs is 1. The van der Waals surface area contributed by atoms with Gasteiger partial charge in [-0.2, -0.15) is 0 Å². The van der Waals surface area contributed by atoms with Crippen molar-refractivity contribution in [3.05, 3.63) is 59.9 Å². The number of halogens is 1. The fourth-order valence-electron chi connectivity index (χ4n) is 3.37. The van der Waals surface area contributed by atoms with Crippen LogP contribution in [-0.4, -0.2) is 55.4 Å². The Morgan fingerprint density at radius 3 is 2.35 bits per heavy atom. The summed E-state index contributed by atoms with van der Waals surface area (Å²) in [5, 5.41) is 2.76. The highest BCUT2D eigenvalue weighted by atomic mass is 19.1. The second-order valence-corrected chi connectivity index (χ2v) is 7.96. The van der Waals surface area contributed by atoms with Crippen molar-refractivity contribution in [1.82, 2.24) is 10.2 Å². The van der Waals surface area contributed by atoms with Crippen LogP contribution in [0.15, 0.2) is 48.5 Å². The van der Waals surface area contributed by atoms with E-state index >= 15 is 0 Å². The Kier molecular flexibility index (Phi) is 6.58. The van der Waals surface area contributed by atoms with Crippen LogP contribution in [-0.2, 0) is 9.59 Å². The van der Waals surface area contributed by atoms with Crippen molar-refractivity contribution in [2.45, 2.75) is 26.0 Å². The summed E-state index contributed by atoms with van der Waals surface area (Å²) in [4.78, 5) is 41.6. The predicted octanol–water partition coefficient (Wildman–Crippen LogP) is 2.46. The van der Waals surface area contributed by atoms with Gasteiger partial charge in [0, 0.05) is 19.7 Å². The van der Waals surface area contributed by atoms with Gasteiger partial charge < -0.3 is 19.9 Å². The third-order valence-electron chi connectivity index (χ3n) is 5.08. The van der Waals surface area contributed by atoms with Gasteiger partial charge in [-0.3, -0.25) is 14.4 Å². The van der Waals surface area contributed by atoms with Crippen molar-refractivity contribution < 1.29 is 23.5 Å². The molecule has 0 aromatic heterocycles. The van der Waals surface area contributed by atoms with Crippen LogP contribution in [0.25, 0.3) is 0 Å². The molecule has 7 nitrogen and oxygen atoms in total. The number of anilines is 1. The number of ether oxygens (including phenoxy) is 1. The van der Waals surface area contributed by atoms with E-state index < -0.39 is 23.9 Å². The van der Waals surface area contributed by atoms with E-state index in [1.807, 2.05) is 13.8 Å². The van der Waals surface area contributed by atoms with E-state index in [1.165, 1.54) is 34.1 Å². The molecule has 31 heavy (non-hydrogen) atoms. The number of nitrogens with zero attached hydrogens (tertiary/aromatic N) is 2. The topological polar surface area (TPSA) is 79.0 Å². The van der Waals surface area contributed by atoms with Crippen LogP contribution in [0.3, 0.4) is 0 Å². The molecule has 164 valence electrons. The smallest absolute Gasteiger partial charge is 0.265 e. The third-order valence-corrected chi connectivity index (χ3v) is 5.08. The first-order valence-electron chi connectivity index (χ1n) is 10.0. The Morgan fingerprint density at radius 1 is 1.10 bits per heavy atom. The molecule has 0 spiro atoms. The molecule has 0 bridgehead atoms. The zero-order valence-electron chi connectivity index (χ0n) is 18.0. The lowest BCUT2D eigenvalue weighted by Gasteiger charge is -2.37. The fourth-order valence-corrected chi connectivity index (χ4v) is 3.37. The molecule has 0 fully saturated rings. The van der Waals surface area contributed by atoms with E-state index in [0.717, 1.165) is 0 Å². The molecule has 1 N–H and O–H groups in total. The lowest BCUT2D eigenvalue weighted by Crippen LogP contribution is -2.56. The van der Waals surface area contributed by atoms with Gasteiger partial charge in [-0.05, 0) is 42.3 Å². The van der Waals surface area contributed by atoms with Crippen LogP contribution in [0.1, 0.15) is 24.2 Å².